The Morgan fingerprint density at radius 3 is 2.33 bits per heavy atom. The molecule has 0 spiro atoms. The van der Waals surface area contributed by atoms with Crippen LogP contribution in [0.5, 0.6) is 0 Å². The second kappa shape index (κ2) is 4.88. The lowest BCUT2D eigenvalue weighted by Crippen LogP contribution is -2.31. The fourth-order valence-electron chi connectivity index (χ4n) is 1.82. The highest BCUT2D eigenvalue weighted by molar-refractivity contribution is 7.13. The molecule has 0 atom stereocenters. The van der Waals surface area contributed by atoms with E-state index in [1.165, 1.54) is 0 Å². The summed E-state index contributed by atoms with van der Waals surface area (Å²) in [5.74, 6) is 0. The largest absolute Gasteiger partial charge is 0.488 e. The van der Waals surface area contributed by atoms with Crippen molar-refractivity contribution in [3.05, 3.63) is 41.3 Å². The van der Waals surface area contributed by atoms with Gasteiger partial charge in [0.25, 0.3) is 0 Å². The average Bonchev–Trinajstić information content (AvgIpc) is 2.80. The third kappa shape index (κ3) is 2.83. The van der Waals surface area contributed by atoms with E-state index in [-0.39, 0.29) is 5.41 Å². The molecule has 1 aromatic heterocycles. The first-order valence-corrected chi connectivity index (χ1v) is 6.81. The van der Waals surface area contributed by atoms with Gasteiger partial charge in [0, 0.05) is 4.88 Å². The summed E-state index contributed by atoms with van der Waals surface area (Å²) in [4.78, 5) is 1.14. The Kier molecular flexibility index (Phi) is 3.62. The molecule has 18 heavy (non-hydrogen) atoms. The number of hydrogen-bond donors (Lipinski definition) is 2. The maximum atomic E-state index is 9.39. The van der Waals surface area contributed by atoms with Crippen molar-refractivity contribution in [3.8, 4) is 10.4 Å². The fourth-order valence-corrected chi connectivity index (χ4v) is 2.53. The molecule has 2 aromatic rings. The van der Waals surface area contributed by atoms with E-state index < -0.39 is 7.12 Å². The van der Waals surface area contributed by atoms with Gasteiger partial charge in [-0.3, -0.25) is 0 Å². The van der Waals surface area contributed by atoms with Gasteiger partial charge in [-0.15, -0.1) is 11.3 Å². The summed E-state index contributed by atoms with van der Waals surface area (Å²) in [6.45, 7) is 6.36. The van der Waals surface area contributed by atoms with Crippen LogP contribution < -0.4 is 5.46 Å². The van der Waals surface area contributed by atoms with E-state index in [9.17, 15) is 10.0 Å². The quantitative estimate of drug-likeness (QED) is 0.814. The third-order valence-electron chi connectivity index (χ3n) is 2.93. The summed E-state index contributed by atoms with van der Waals surface area (Å²) in [5, 5.41) is 20.8. The second-order valence-electron chi connectivity index (χ2n) is 5.44. The van der Waals surface area contributed by atoms with Crippen molar-refractivity contribution in [2.24, 2.45) is 0 Å². The smallest absolute Gasteiger partial charge is 0.423 e. The molecule has 0 unspecified atom stereocenters. The minimum atomic E-state index is -1.42. The molecule has 0 aliphatic heterocycles. The Labute approximate surface area is 112 Å². The number of rotatable bonds is 2. The van der Waals surface area contributed by atoms with Crippen LogP contribution >= 0.6 is 11.3 Å². The zero-order valence-corrected chi connectivity index (χ0v) is 11.7. The van der Waals surface area contributed by atoms with Crippen molar-refractivity contribution >= 4 is 23.9 Å². The summed E-state index contributed by atoms with van der Waals surface area (Å²) in [7, 11) is -1.42. The van der Waals surface area contributed by atoms with Crippen LogP contribution in [-0.4, -0.2) is 17.2 Å². The summed E-state index contributed by atoms with van der Waals surface area (Å²) >= 11 is 1.65. The van der Waals surface area contributed by atoms with Crippen LogP contribution in [0.1, 0.15) is 26.3 Å². The van der Waals surface area contributed by atoms with Crippen LogP contribution in [-0.2, 0) is 5.41 Å². The van der Waals surface area contributed by atoms with Crippen LogP contribution in [0.3, 0.4) is 0 Å². The van der Waals surface area contributed by atoms with Crippen molar-refractivity contribution in [2.75, 3.05) is 0 Å². The molecule has 94 valence electrons. The van der Waals surface area contributed by atoms with Crippen LogP contribution in [0.2, 0.25) is 0 Å². The van der Waals surface area contributed by atoms with Crippen LogP contribution in [0.15, 0.2) is 35.7 Å². The SMILES string of the molecule is CC(C)(C)c1cc(B(O)O)cc(-c2cccs2)c1. The highest BCUT2D eigenvalue weighted by Crippen LogP contribution is 2.29. The molecule has 0 aliphatic rings. The average molecular weight is 260 g/mol. The normalized spacial score (nSPS) is 11.6. The van der Waals surface area contributed by atoms with Gasteiger partial charge in [-0.2, -0.15) is 0 Å². The maximum Gasteiger partial charge on any atom is 0.488 e. The van der Waals surface area contributed by atoms with Gasteiger partial charge in [0.15, 0.2) is 0 Å². The minimum Gasteiger partial charge on any atom is -0.423 e. The Balaban J connectivity index is 2.57. The summed E-state index contributed by atoms with van der Waals surface area (Å²) < 4.78 is 0. The van der Waals surface area contributed by atoms with E-state index >= 15 is 0 Å². The molecular weight excluding hydrogens is 243 g/mol. The molecular formula is C14H17BO2S. The Morgan fingerprint density at radius 2 is 1.83 bits per heavy atom. The fraction of sp³-hybridized carbons (Fsp3) is 0.286. The monoisotopic (exact) mass is 260 g/mol. The third-order valence-corrected chi connectivity index (χ3v) is 3.84. The van der Waals surface area contributed by atoms with Crippen molar-refractivity contribution in [1.82, 2.24) is 0 Å². The molecule has 4 heteroatoms. The molecule has 2 rings (SSSR count). The van der Waals surface area contributed by atoms with Gasteiger partial charge in [-0.25, -0.2) is 0 Å². The Hall–Kier alpha value is -1.10. The first kappa shape index (κ1) is 13.3. The van der Waals surface area contributed by atoms with Gasteiger partial charge in [0.1, 0.15) is 0 Å². The lowest BCUT2D eigenvalue weighted by Gasteiger charge is -2.21. The Morgan fingerprint density at radius 1 is 1.11 bits per heavy atom. The molecule has 0 saturated heterocycles. The predicted molar refractivity (Wildman–Crippen MR) is 78.3 cm³/mol. The molecule has 0 bridgehead atoms. The second-order valence-corrected chi connectivity index (χ2v) is 6.39. The first-order valence-electron chi connectivity index (χ1n) is 5.93. The van der Waals surface area contributed by atoms with E-state index in [0.717, 1.165) is 16.0 Å². The predicted octanol–water partition coefficient (Wildman–Crippen LogP) is 2.39. The topological polar surface area (TPSA) is 40.5 Å². The summed E-state index contributed by atoms with van der Waals surface area (Å²) in [6, 6.07) is 9.87. The van der Waals surface area contributed by atoms with Crippen LogP contribution in [0.25, 0.3) is 10.4 Å². The molecule has 0 fully saturated rings. The molecule has 0 radical (unpaired) electrons. The van der Waals surface area contributed by atoms with Crippen molar-refractivity contribution in [3.63, 3.8) is 0 Å². The molecule has 0 saturated carbocycles. The van der Waals surface area contributed by atoms with Gasteiger partial charge < -0.3 is 10.0 Å². The molecule has 0 aliphatic carbocycles. The molecule has 0 amide bonds. The number of thiophene rings is 1. The molecule has 2 nitrogen and oxygen atoms in total. The van der Waals surface area contributed by atoms with Crippen LogP contribution in [0.4, 0.5) is 0 Å². The van der Waals surface area contributed by atoms with Crippen molar-refractivity contribution in [2.45, 2.75) is 26.2 Å². The van der Waals surface area contributed by atoms with Gasteiger partial charge in [0.2, 0.25) is 0 Å². The van der Waals surface area contributed by atoms with Crippen molar-refractivity contribution < 1.29 is 10.0 Å². The number of benzene rings is 1. The first-order chi connectivity index (χ1) is 8.38. The molecule has 1 heterocycles. The zero-order chi connectivity index (χ0) is 13.3. The van der Waals surface area contributed by atoms with E-state index in [1.807, 2.05) is 29.6 Å². The maximum absolute atomic E-state index is 9.39. The highest BCUT2D eigenvalue weighted by Gasteiger charge is 2.20. The lowest BCUT2D eigenvalue weighted by molar-refractivity contribution is 0.425. The van der Waals surface area contributed by atoms with Gasteiger partial charge in [0.05, 0.1) is 0 Å². The molecule has 2 N–H and O–H groups in total. The zero-order valence-electron chi connectivity index (χ0n) is 10.8. The van der Waals surface area contributed by atoms with E-state index in [1.54, 1.807) is 11.3 Å². The van der Waals surface area contributed by atoms with E-state index in [4.69, 9.17) is 0 Å². The lowest BCUT2D eigenvalue weighted by atomic mass is 9.75. The van der Waals surface area contributed by atoms with Gasteiger partial charge >= 0.3 is 7.12 Å². The highest BCUT2D eigenvalue weighted by atomic mass is 32.1. The van der Waals surface area contributed by atoms with Crippen LogP contribution in [0, 0.1) is 0 Å². The van der Waals surface area contributed by atoms with Gasteiger partial charge in [-0.05, 0) is 39.5 Å². The van der Waals surface area contributed by atoms with Crippen molar-refractivity contribution in [1.29, 1.82) is 0 Å². The minimum absolute atomic E-state index is 0.0170. The summed E-state index contributed by atoms with van der Waals surface area (Å²) in [6.07, 6.45) is 0. The number of hydrogen-bond acceptors (Lipinski definition) is 3. The summed E-state index contributed by atoms with van der Waals surface area (Å²) in [5.41, 5.74) is 2.68. The van der Waals surface area contributed by atoms with E-state index in [0.29, 0.717) is 5.46 Å². The van der Waals surface area contributed by atoms with E-state index in [2.05, 4.69) is 26.8 Å². The Bertz CT molecular complexity index is 527. The van der Waals surface area contributed by atoms with Gasteiger partial charge in [-0.1, -0.05) is 39.0 Å². The standard InChI is InChI=1S/C14H17BO2S/c1-14(2,3)11-7-10(13-5-4-6-18-13)8-12(9-11)15(16)17/h4-9,16-17H,1-3H3. The molecule has 1 aromatic carbocycles.